The van der Waals surface area contributed by atoms with E-state index in [1.54, 1.807) is 18.1 Å². The largest absolute Gasteiger partial charge is 0.343 e. The SMILES string of the molecule is CN1C(=O)C2CCCCCN2c2nc(Cl)ncc21. The van der Waals surface area contributed by atoms with Crippen molar-refractivity contribution in [3.8, 4) is 0 Å². The maximum atomic E-state index is 12.4. The molecule has 18 heavy (non-hydrogen) atoms. The van der Waals surface area contributed by atoms with Crippen LogP contribution in [0.2, 0.25) is 5.28 Å². The van der Waals surface area contributed by atoms with Gasteiger partial charge in [0.2, 0.25) is 11.2 Å². The fraction of sp³-hybridized carbons (Fsp3) is 0.583. The zero-order valence-corrected chi connectivity index (χ0v) is 11.0. The highest BCUT2D eigenvalue weighted by molar-refractivity contribution is 6.28. The summed E-state index contributed by atoms with van der Waals surface area (Å²) in [5.74, 6) is 0.930. The first-order valence-corrected chi connectivity index (χ1v) is 6.63. The van der Waals surface area contributed by atoms with Gasteiger partial charge in [0, 0.05) is 13.6 Å². The highest BCUT2D eigenvalue weighted by Gasteiger charge is 2.38. The van der Waals surface area contributed by atoms with Crippen molar-refractivity contribution in [1.29, 1.82) is 0 Å². The van der Waals surface area contributed by atoms with Crippen molar-refractivity contribution in [2.75, 3.05) is 23.4 Å². The van der Waals surface area contributed by atoms with E-state index < -0.39 is 0 Å². The van der Waals surface area contributed by atoms with E-state index in [9.17, 15) is 4.79 Å². The predicted molar refractivity (Wildman–Crippen MR) is 70.1 cm³/mol. The Morgan fingerprint density at radius 3 is 3.06 bits per heavy atom. The van der Waals surface area contributed by atoms with Gasteiger partial charge in [0.1, 0.15) is 11.7 Å². The van der Waals surface area contributed by atoms with Gasteiger partial charge in [-0.25, -0.2) is 4.98 Å². The highest BCUT2D eigenvalue weighted by atomic mass is 35.5. The predicted octanol–water partition coefficient (Wildman–Crippen LogP) is 1.86. The molecule has 0 saturated carbocycles. The third-order valence-electron chi connectivity index (χ3n) is 3.72. The number of halogens is 1. The number of anilines is 2. The van der Waals surface area contributed by atoms with Gasteiger partial charge in [-0.1, -0.05) is 12.8 Å². The molecule has 5 nitrogen and oxygen atoms in total. The molecular weight excluding hydrogens is 252 g/mol. The van der Waals surface area contributed by atoms with Crippen molar-refractivity contribution in [2.24, 2.45) is 0 Å². The Morgan fingerprint density at radius 1 is 1.39 bits per heavy atom. The third kappa shape index (κ3) is 1.73. The average molecular weight is 267 g/mol. The Morgan fingerprint density at radius 2 is 2.22 bits per heavy atom. The topological polar surface area (TPSA) is 49.3 Å². The minimum absolute atomic E-state index is 0.0871. The Hall–Kier alpha value is -1.36. The van der Waals surface area contributed by atoms with Gasteiger partial charge in [0.05, 0.1) is 6.20 Å². The van der Waals surface area contributed by atoms with Crippen molar-refractivity contribution in [3.05, 3.63) is 11.5 Å². The number of fused-ring (bicyclic) bond motifs is 3. The maximum absolute atomic E-state index is 12.4. The number of aromatic nitrogens is 2. The lowest BCUT2D eigenvalue weighted by Gasteiger charge is -2.39. The Labute approximate surface area is 111 Å². The van der Waals surface area contributed by atoms with E-state index in [2.05, 4.69) is 14.9 Å². The molecule has 2 aliphatic heterocycles. The number of carbonyl (C=O) groups is 1. The van der Waals surface area contributed by atoms with Crippen LogP contribution in [0.5, 0.6) is 0 Å². The minimum atomic E-state index is -0.0871. The molecule has 0 aromatic carbocycles. The average Bonchev–Trinajstić information content (AvgIpc) is 2.61. The molecule has 1 fully saturated rings. The second kappa shape index (κ2) is 4.39. The Bertz CT molecular complexity index is 493. The smallest absolute Gasteiger partial charge is 0.249 e. The second-order valence-electron chi connectivity index (χ2n) is 4.80. The van der Waals surface area contributed by atoms with Crippen LogP contribution in [-0.4, -0.2) is 35.5 Å². The number of carbonyl (C=O) groups excluding carboxylic acids is 1. The number of hydrogen-bond donors (Lipinski definition) is 0. The molecule has 1 amide bonds. The summed E-state index contributed by atoms with van der Waals surface area (Å²) in [6, 6.07) is -0.0871. The number of likely N-dealkylation sites (N-methyl/N-ethyl adjacent to an activating group) is 1. The molecule has 6 heteroatoms. The van der Waals surface area contributed by atoms with E-state index in [-0.39, 0.29) is 17.2 Å². The van der Waals surface area contributed by atoms with Gasteiger partial charge in [-0.2, -0.15) is 4.98 Å². The van der Waals surface area contributed by atoms with Crippen LogP contribution in [0.3, 0.4) is 0 Å². The lowest BCUT2D eigenvalue weighted by atomic mass is 10.1. The summed E-state index contributed by atoms with van der Waals surface area (Å²) in [6.45, 7) is 0.866. The quantitative estimate of drug-likeness (QED) is 0.673. The van der Waals surface area contributed by atoms with Crippen molar-refractivity contribution >= 4 is 29.0 Å². The Balaban J connectivity index is 2.11. The third-order valence-corrected chi connectivity index (χ3v) is 3.90. The van der Waals surface area contributed by atoms with Crippen molar-refractivity contribution < 1.29 is 4.79 Å². The molecule has 0 spiro atoms. The van der Waals surface area contributed by atoms with Gasteiger partial charge in [-0.3, -0.25) is 4.79 Å². The number of nitrogens with zero attached hydrogens (tertiary/aromatic N) is 4. The molecule has 1 atom stereocenters. The molecule has 0 radical (unpaired) electrons. The lowest BCUT2D eigenvalue weighted by Crippen LogP contribution is -2.52. The van der Waals surface area contributed by atoms with Crippen LogP contribution in [0.4, 0.5) is 11.5 Å². The summed E-state index contributed by atoms with van der Waals surface area (Å²) in [6.07, 6.45) is 5.87. The first-order valence-electron chi connectivity index (χ1n) is 6.25. The number of hydrogen-bond acceptors (Lipinski definition) is 4. The number of rotatable bonds is 0. The second-order valence-corrected chi connectivity index (χ2v) is 5.14. The molecule has 1 saturated heterocycles. The van der Waals surface area contributed by atoms with E-state index >= 15 is 0 Å². The summed E-state index contributed by atoms with van der Waals surface area (Å²) in [4.78, 5) is 24.4. The first kappa shape index (κ1) is 11.7. The van der Waals surface area contributed by atoms with Gasteiger partial charge in [0.25, 0.3) is 0 Å². The molecule has 2 aliphatic rings. The molecule has 3 rings (SSSR count). The van der Waals surface area contributed by atoms with Gasteiger partial charge >= 0.3 is 0 Å². The molecular formula is C12H15ClN4O. The monoisotopic (exact) mass is 266 g/mol. The molecule has 0 aliphatic carbocycles. The van der Waals surface area contributed by atoms with E-state index in [1.807, 2.05) is 0 Å². The molecule has 1 unspecified atom stereocenters. The summed E-state index contributed by atoms with van der Waals surface area (Å²) in [7, 11) is 1.78. The number of amides is 1. The summed E-state index contributed by atoms with van der Waals surface area (Å²) < 4.78 is 0. The maximum Gasteiger partial charge on any atom is 0.249 e. The molecule has 3 heterocycles. The van der Waals surface area contributed by atoms with Gasteiger partial charge in [-0.05, 0) is 24.4 Å². The normalized spacial score (nSPS) is 23.4. The van der Waals surface area contributed by atoms with Crippen molar-refractivity contribution in [2.45, 2.75) is 31.7 Å². The van der Waals surface area contributed by atoms with Gasteiger partial charge in [-0.15, -0.1) is 0 Å². The van der Waals surface area contributed by atoms with E-state index in [1.165, 1.54) is 0 Å². The summed E-state index contributed by atoms with van der Waals surface area (Å²) in [5, 5.41) is 0.236. The fourth-order valence-electron chi connectivity index (χ4n) is 2.75. The van der Waals surface area contributed by atoms with Crippen LogP contribution < -0.4 is 9.80 Å². The molecule has 1 aromatic heterocycles. The van der Waals surface area contributed by atoms with E-state index in [4.69, 9.17) is 11.6 Å². The highest BCUT2D eigenvalue weighted by Crippen LogP contribution is 2.36. The zero-order chi connectivity index (χ0) is 12.7. The molecule has 96 valence electrons. The van der Waals surface area contributed by atoms with Gasteiger partial charge in [0.15, 0.2) is 5.82 Å². The van der Waals surface area contributed by atoms with Crippen molar-refractivity contribution in [3.63, 3.8) is 0 Å². The van der Waals surface area contributed by atoms with Crippen LogP contribution in [0, 0.1) is 0 Å². The van der Waals surface area contributed by atoms with E-state index in [0.717, 1.165) is 43.7 Å². The lowest BCUT2D eigenvalue weighted by molar-refractivity contribution is -0.120. The van der Waals surface area contributed by atoms with Crippen LogP contribution in [0.1, 0.15) is 25.7 Å². The van der Waals surface area contributed by atoms with Crippen molar-refractivity contribution in [1.82, 2.24) is 9.97 Å². The molecule has 1 aromatic rings. The first-order chi connectivity index (χ1) is 8.68. The van der Waals surface area contributed by atoms with Crippen LogP contribution in [0.15, 0.2) is 6.20 Å². The summed E-state index contributed by atoms with van der Waals surface area (Å²) >= 11 is 5.88. The fourth-order valence-corrected chi connectivity index (χ4v) is 2.88. The zero-order valence-electron chi connectivity index (χ0n) is 10.3. The van der Waals surface area contributed by atoms with E-state index in [0.29, 0.717) is 0 Å². The standard InChI is InChI=1S/C12H15ClN4O/c1-16-9-7-14-12(13)15-10(9)17-6-4-2-3-5-8(17)11(16)18/h7-8H,2-6H2,1H3. The van der Waals surface area contributed by atoms with Crippen LogP contribution in [-0.2, 0) is 4.79 Å². The Kier molecular flexibility index (Phi) is 2.86. The van der Waals surface area contributed by atoms with Gasteiger partial charge < -0.3 is 9.80 Å². The summed E-state index contributed by atoms with van der Waals surface area (Å²) in [5.41, 5.74) is 0.752. The minimum Gasteiger partial charge on any atom is -0.343 e. The molecule has 0 bridgehead atoms. The van der Waals surface area contributed by atoms with Crippen LogP contribution in [0.25, 0.3) is 0 Å². The van der Waals surface area contributed by atoms with Crippen LogP contribution >= 0.6 is 11.6 Å². The molecule has 0 N–H and O–H groups in total.